The van der Waals surface area contributed by atoms with E-state index in [1.807, 2.05) is 30.3 Å². The number of benzene rings is 1. The number of hydrogen-bond acceptors (Lipinski definition) is 4. The van der Waals surface area contributed by atoms with Crippen molar-refractivity contribution >= 4 is 6.09 Å². The topological polar surface area (TPSA) is 70.0 Å². The first kappa shape index (κ1) is 14.8. The molecule has 1 aromatic carbocycles. The lowest BCUT2D eigenvalue weighted by atomic mass is 9.90. The Morgan fingerprint density at radius 3 is 2.80 bits per heavy atom. The Morgan fingerprint density at radius 1 is 1.35 bits per heavy atom. The van der Waals surface area contributed by atoms with Gasteiger partial charge in [-0.15, -0.1) is 0 Å². The molecule has 1 atom stereocenters. The molecule has 20 heavy (non-hydrogen) atoms. The van der Waals surface area contributed by atoms with Gasteiger partial charge < -0.3 is 19.8 Å². The standard InChI is InChI=1S/C15H21NO4/c17-10-8-15(19)7-4-9-16(12-15)14(18)20-11-13-5-2-1-3-6-13/h1-3,5-6,17,19H,4,7-12H2/t15-/m0/s1. The van der Waals surface area contributed by atoms with E-state index in [9.17, 15) is 9.90 Å². The second-order valence-corrected chi connectivity index (χ2v) is 5.26. The summed E-state index contributed by atoms with van der Waals surface area (Å²) in [6, 6.07) is 9.48. The summed E-state index contributed by atoms with van der Waals surface area (Å²) in [5.41, 5.74) is -0.0536. The molecule has 2 N–H and O–H groups in total. The number of β-amino-alcohol motifs (C(OH)–C–C–N with tert-alkyl or cyclic N) is 1. The van der Waals surface area contributed by atoms with Crippen molar-refractivity contribution in [1.82, 2.24) is 4.90 Å². The molecule has 5 nitrogen and oxygen atoms in total. The number of aliphatic hydroxyl groups excluding tert-OH is 1. The van der Waals surface area contributed by atoms with Crippen LogP contribution in [-0.4, -0.2) is 46.5 Å². The van der Waals surface area contributed by atoms with E-state index in [4.69, 9.17) is 9.84 Å². The van der Waals surface area contributed by atoms with Gasteiger partial charge >= 0.3 is 6.09 Å². The number of piperidine rings is 1. The van der Waals surface area contributed by atoms with Gasteiger partial charge in [0.05, 0.1) is 12.1 Å². The van der Waals surface area contributed by atoms with Gasteiger partial charge in [0.15, 0.2) is 0 Å². The normalized spacial score (nSPS) is 22.6. The highest BCUT2D eigenvalue weighted by Gasteiger charge is 2.35. The quantitative estimate of drug-likeness (QED) is 0.877. The van der Waals surface area contributed by atoms with E-state index in [1.165, 1.54) is 4.90 Å². The minimum atomic E-state index is -0.987. The number of amides is 1. The number of hydrogen-bond donors (Lipinski definition) is 2. The first-order chi connectivity index (χ1) is 9.63. The Balaban J connectivity index is 1.86. The van der Waals surface area contributed by atoms with Crippen LogP contribution in [0.1, 0.15) is 24.8 Å². The van der Waals surface area contributed by atoms with E-state index >= 15 is 0 Å². The SMILES string of the molecule is O=C(OCc1ccccc1)N1CCC[C@](O)(CCO)C1. The second kappa shape index (κ2) is 6.72. The third-order valence-corrected chi connectivity index (χ3v) is 3.60. The van der Waals surface area contributed by atoms with Crippen molar-refractivity contribution in [3.05, 3.63) is 35.9 Å². The molecular formula is C15H21NO4. The molecule has 5 heteroatoms. The molecule has 2 rings (SSSR count). The van der Waals surface area contributed by atoms with Gasteiger partial charge in [-0.3, -0.25) is 0 Å². The number of rotatable bonds is 4. The monoisotopic (exact) mass is 279 g/mol. The van der Waals surface area contributed by atoms with E-state index in [2.05, 4.69) is 0 Å². The molecule has 1 aliphatic heterocycles. The lowest BCUT2D eigenvalue weighted by Crippen LogP contribution is -2.50. The lowest BCUT2D eigenvalue weighted by molar-refractivity contribution is -0.0444. The number of carbonyl (C=O) groups excluding carboxylic acids is 1. The Morgan fingerprint density at radius 2 is 2.10 bits per heavy atom. The van der Waals surface area contributed by atoms with Crippen LogP contribution in [0.2, 0.25) is 0 Å². The van der Waals surface area contributed by atoms with E-state index in [1.54, 1.807) is 0 Å². The first-order valence-corrected chi connectivity index (χ1v) is 6.92. The molecule has 0 saturated carbocycles. The molecule has 1 aromatic rings. The summed E-state index contributed by atoms with van der Waals surface area (Å²) in [7, 11) is 0. The van der Waals surface area contributed by atoms with Gasteiger partial charge in [-0.05, 0) is 18.4 Å². The zero-order valence-electron chi connectivity index (χ0n) is 11.5. The Hall–Kier alpha value is -1.59. The molecule has 1 heterocycles. The zero-order chi connectivity index (χ0) is 14.4. The Kier molecular flexibility index (Phi) is 4.98. The van der Waals surface area contributed by atoms with Gasteiger partial charge in [-0.2, -0.15) is 0 Å². The predicted molar refractivity (Wildman–Crippen MR) is 74.1 cm³/mol. The third kappa shape index (κ3) is 3.95. The summed E-state index contributed by atoms with van der Waals surface area (Å²) in [5.74, 6) is 0. The van der Waals surface area contributed by atoms with Crippen LogP contribution in [0.4, 0.5) is 4.79 Å². The first-order valence-electron chi connectivity index (χ1n) is 6.92. The van der Waals surface area contributed by atoms with Crippen LogP contribution in [0.3, 0.4) is 0 Å². The van der Waals surface area contributed by atoms with Crippen molar-refractivity contribution in [3.63, 3.8) is 0 Å². The second-order valence-electron chi connectivity index (χ2n) is 5.26. The fourth-order valence-corrected chi connectivity index (χ4v) is 2.49. The van der Waals surface area contributed by atoms with Gasteiger partial charge in [0.1, 0.15) is 6.61 Å². The fraction of sp³-hybridized carbons (Fsp3) is 0.533. The van der Waals surface area contributed by atoms with Crippen molar-refractivity contribution in [2.45, 2.75) is 31.5 Å². The summed E-state index contributed by atoms with van der Waals surface area (Å²) in [6.07, 6.45) is 1.20. The summed E-state index contributed by atoms with van der Waals surface area (Å²) in [5, 5.41) is 19.2. The molecule has 0 unspecified atom stereocenters. The van der Waals surface area contributed by atoms with Crippen LogP contribution in [0, 0.1) is 0 Å². The van der Waals surface area contributed by atoms with Crippen molar-refractivity contribution < 1.29 is 19.7 Å². The van der Waals surface area contributed by atoms with E-state index in [-0.39, 0.29) is 26.2 Å². The maximum absolute atomic E-state index is 12.0. The van der Waals surface area contributed by atoms with E-state index in [0.29, 0.717) is 13.0 Å². The van der Waals surface area contributed by atoms with Crippen molar-refractivity contribution in [3.8, 4) is 0 Å². The summed E-state index contributed by atoms with van der Waals surface area (Å²) >= 11 is 0. The molecule has 0 spiro atoms. The van der Waals surface area contributed by atoms with Crippen molar-refractivity contribution in [1.29, 1.82) is 0 Å². The largest absolute Gasteiger partial charge is 0.445 e. The molecule has 0 aliphatic carbocycles. The van der Waals surface area contributed by atoms with Gasteiger partial charge in [-0.1, -0.05) is 30.3 Å². The van der Waals surface area contributed by atoms with Crippen molar-refractivity contribution in [2.75, 3.05) is 19.7 Å². The highest BCUT2D eigenvalue weighted by Crippen LogP contribution is 2.24. The molecule has 1 saturated heterocycles. The van der Waals surface area contributed by atoms with Crippen LogP contribution in [-0.2, 0) is 11.3 Å². The van der Waals surface area contributed by atoms with Gasteiger partial charge in [-0.25, -0.2) is 4.79 Å². The molecule has 110 valence electrons. The summed E-state index contributed by atoms with van der Waals surface area (Å²) in [4.78, 5) is 13.5. The van der Waals surface area contributed by atoms with Gasteiger partial charge in [0.25, 0.3) is 0 Å². The van der Waals surface area contributed by atoms with Gasteiger partial charge in [0, 0.05) is 19.6 Å². The van der Waals surface area contributed by atoms with Crippen LogP contribution in [0.15, 0.2) is 30.3 Å². The molecule has 0 bridgehead atoms. The zero-order valence-corrected chi connectivity index (χ0v) is 11.5. The Bertz CT molecular complexity index is 433. The van der Waals surface area contributed by atoms with Crippen molar-refractivity contribution in [2.24, 2.45) is 0 Å². The minimum absolute atomic E-state index is 0.0800. The minimum Gasteiger partial charge on any atom is -0.445 e. The average molecular weight is 279 g/mol. The lowest BCUT2D eigenvalue weighted by Gasteiger charge is -2.38. The van der Waals surface area contributed by atoms with Crippen LogP contribution < -0.4 is 0 Å². The predicted octanol–water partition coefficient (Wildman–Crippen LogP) is 1.53. The fourth-order valence-electron chi connectivity index (χ4n) is 2.49. The number of nitrogens with zero attached hydrogens (tertiary/aromatic N) is 1. The molecule has 0 radical (unpaired) electrons. The highest BCUT2D eigenvalue weighted by molar-refractivity contribution is 5.67. The summed E-state index contributed by atoms with van der Waals surface area (Å²) < 4.78 is 5.25. The number of carbonyl (C=O) groups is 1. The van der Waals surface area contributed by atoms with Crippen LogP contribution in [0.25, 0.3) is 0 Å². The highest BCUT2D eigenvalue weighted by atomic mass is 16.6. The van der Waals surface area contributed by atoms with Crippen LogP contribution >= 0.6 is 0 Å². The Labute approximate surface area is 118 Å². The molecule has 0 aromatic heterocycles. The van der Waals surface area contributed by atoms with E-state index < -0.39 is 11.7 Å². The molecule has 1 aliphatic rings. The maximum atomic E-state index is 12.0. The molecular weight excluding hydrogens is 258 g/mol. The molecule has 1 fully saturated rings. The van der Waals surface area contributed by atoms with Gasteiger partial charge in [0.2, 0.25) is 0 Å². The summed E-state index contributed by atoms with van der Waals surface area (Å²) in [6.45, 7) is 0.959. The number of likely N-dealkylation sites (tertiary alicyclic amines) is 1. The maximum Gasteiger partial charge on any atom is 0.410 e. The number of aliphatic hydroxyl groups is 2. The molecule has 1 amide bonds. The van der Waals surface area contributed by atoms with Crippen LogP contribution in [0.5, 0.6) is 0 Å². The smallest absolute Gasteiger partial charge is 0.410 e. The average Bonchev–Trinajstić information content (AvgIpc) is 2.46. The number of ether oxygens (including phenoxy) is 1. The third-order valence-electron chi connectivity index (χ3n) is 3.60. The van der Waals surface area contributed by atoms with E-state index in [0.717, 1.165) is 12.0 Å².